The Morgan fingerprint density at radius 1 is 1.16 bits per heavy atom. The van der Waals surface area contributed by atoms with E-state index >= 15 is 0 Å². The topological polar surface area (TPSA) is 80.2 Å². The predicted octanol–water partition coefficient (Wildman–Crippen LogP) is 2.96. The van der Waals surface area contributed by atoms with Crippen molar-refractivity contribution in [3.05, 3.63) is 42.1 Å². The average Bonchev–Trinajstić information content (AvgIpc) is 2.83. The highest BCUT2D eigenvalue weighted by molar-refractivity contribution is 5.76. The maximum atomic E-state index is 12.3. The third-order valence-corrected chi connectivity index (χ3v) is 6.46. The monoisotopic (exact) mass is 423 g/mol. The van der Waals surface area contributed by atoms with Crippen molar-refractivity contribution in [2.45, 2.75) is 44.9 Å². The van der Waals surface area contributed by atoms with Gasteiger partial charge in [-0.05, 0) is 50.7 Å². The van der Waals surface area contributed by atoms with E-state index in [2.05, 4.69) is 20.2 Å². The van der Waals surface area contributed by atoms with E-state index in [0.717, 1.165) is 87.9 Å². The van der Waals surface area contributed by atoms with E-state index in [4.69, 9.17) is 9.72 Å². The van der Waals surface area contributed by atoms with Gasteiger partial charge in [0.05, 0.1) is 24.6 Å². The molecule has 3 heterocycles. The summed E-state index contributed by atoms with van der Waals surface area (Å²) in [7, 11) is 0. The quantitative estimate of drug-likeness (QED) is 0.738. The van der Waals surface area contributed by atoms with Gasteiger partial charge in [-0.2, -0.15) is 0 Å². The van der Waals surface area contributed by atoms with E-state index in [1.54, 1.807) is 0 Å². The van der Waals surface area contributed by atoms with Gasteiger partial charge < -0.3 is 10.1 Å². The summed E-state index contributed by atoms with van der Waals surface area (Å²) < 4.78 is 5.36. The number of aryl methyl sites for hydroxylation is 1. The summed E-state index contributed by atoms with van der Waals surface area (Å²) >= 11 is 0. The molecule has 0 radical (unpaired) electrons. The van der Waals surface area contributed by atoms with Gasteiger partial charge in [0, 0.05) is 56.5 Å². The van der Waals surface area contributed by atoms with Gasteiger partial charge in [-0.3, -0.25) is 14.7 Å². The van der Waals surface area contributed by atoms with Gasteiger partial charge in [-0.1, -0.05) is 6.07 Å². The summed E-state index contributed by atoms with van der Waals surface area (Å²) in [6, 6.07) is 5.96. The van der Waals surface area contributed by atoms with Crippen LogP contribution in [0.15, 0.2) is 30.6 Å². The van der Waals surface area contributed by atoms with Crippen LogP contribution in [-0.4, -0.2) is 65.2 Å². The molecule has 1 saturated heterocycles. The molecule has 31 heavy (non-hydrogen) atoms. The number of carbonyl (C=O) groups excluding carboxylic acids is 1. The number of aromatic nitrogens is 3. The third kappa shape index (κ3) is 6.08. The summed E-state index contributed by atoms with van der Waals surface area (Å²) in [6.45, 7) is 6.97. The molecule has 1 amide bonds. The fraction of sp³-hybridized carbons (Fsp3) is 0.583. The molecule has 2 fully saturated rings. The van der Waals surface area contributed by atoms with Crippen LogP contribution in [0.2, 0.25) is 0 Å². The van der Waals surface area contributed by atoms with Gasteiger partial charge in [0.1, 0.15) is 5.82 Å². The Balaban J connectivity index is 1.26. The normalized spacial score (nSPS) is 22.2. The molecule has 2 aromatic rings. The Labute approximate surface area is 184 Å². The number of pyridine rings is 1. The molecule has 2 aromatic heterocycles. The molecule has 1 aliphatic carbocycles. The zero-order valence-electron chi connectivity index (χ0n) is 18.4. The largest absolute Gasteiger partial charge is 0.379 e. The molecule has 7 nitrogen and oxygen atoms in total. The van der Waals surface area contributed by atoms with Crippen LogP contribution in [0.1, 0.15) is 49.5 Å². The first-order valence-corrected chi connectivity index (χ1v) is 11.5. The lowest BCUT2D eigenvalue weighted by atomic mass is 9.79. The Kier molecular flexibility index (Phi) is 7.59. The van der Waals surface area contributed by atoms with Crippen LogP contribution in [0.25, 0.3) is 11.3 Å². The van der Waals surface area contributed by atoms with Crippen LogP contribution < -0.4 is 5.32 Å². The number of rotatable bonds is 7. The van der Waals surface area contributed by atoms with Crippen molar-refractivity contribution < 1.29 is 9.53 Å². The Morgan fingerprint density at radius 2 is 1.97 bits per heavy atom. The molecule has 0 bridgehead atoms. The molecule has 0 spiro atoms. The van der Waals surface area contributed by atoms with Gasteiger partial charge in [0.2, 0.25) is 5.91 Å². The fourth-order valence-corrected chi connectivity index (χ4v) is 4.59. The standard InChI is InChI=1S/C24H33N5O2/c1-18-26-17-21(22-4-2-3-10-25-22)24(28-18)20-7-5-19(6-8-20)16-27-23(30)9-11-29-12-14-31-15-13-29/h2-4,10,17,19-20H,5-9,11-16H2,1H3,(H,27,30). The second-order valence-electron chi connectivity index (χ2n) is 8.66. The van der Waals surface area contributed by atoms with Crippen LogP contribution in [0.4, 0.5) is 0 Å². The zero-order valence-corrected chi connectivity index (χ0v) is 18.4. The van der Waals surface area contributed by atoms with E-state index < -0.39 is 0 Å². The lowest BCUT2D eigenvalue weighted by molar-refractivity contribution is -0.121. The van der Waals surface area contributed by atoms with E-state index in [1.807, 2.05) is 37.5 Å². The number of amides is 1. The predicted molar refractivity (Wildman–Crippen MR) is 120 cm³/mol. The fourth-order valence-electron chi connectivity index (χ4n) is 4.59. The first kappa shape index (κ1) is 21.8. The van der Waals surface area contributed by atoms with Crippen molar-refractivity contribution in [2.24, 2.45) is 5.92 Å². The van der Waals surface area contributed by atoms with Crippen LogP contribution in [-0.2, 0) is 9.53 Å². The number of hydrogen-bond donors (Lipinski definition) is 1. The smallest absolute Gasteiger partial charge is 0.221 e. The van der Waals surface area contributed by atoms with Crippen molar-refractivity contribution in [1.82, 2.24) is 25.2 Å². The molecule has 2 aliphatic rings. The number of carbonyl (C=O) groups is 1. The minimum Gasteiger partial charge on any atom is -0.379 e. The lowest BCUT2D eigenvalue weighted by Crippen LogP contribution is -2.39. The zero-order chi connectivity index (χ0) is 21.5. The third-order valence-electron chi connectivity index (χ3n) is 6.46. The number of hydrogen-bond acceptors (Lipinski definition) is 6. The maximum absolute atomic E-state index is 12.3. The van der Waals surface area contributed by atoms with Crippen molar-refractivity contribution in [1.29, 1.82) is 0 Å². The Hall–Kier alpha value is -2.38. The second-order valence-corrected chi connectivity index (χ2v) is 8.66. The summed E-state index contributed by atoms with van der Waals surface area (Å²) in [5.41, 5.74) is 3.11. The van der Waals surface area contributed by atoms with Crippen LogP contribution >= 0.6 is 0 Å². The van der Waals surface area contributed by atoms with Crippen LogP contribution in [0.5, 0.6) is 0 Å². The Morgan fingerprint density at radius 3 is 2.71 bits per heavy atom. The number of ether oxygens (including phenoxy) is 1. The highest BCUT2D eigenvalue weighted by Crippen LogP contribution is 2.38. The molecule has 0 unspecified atom stereocenters. The summed E-state index contributed by atoms with van der Waals surface area (Å²) in [4.78, 5) is 28.3. The molecule has 1 aliphatic heterocycles. The highest BCUT2D eigenvalue weighted by atomic mass is 16.5. The first-order valence-electron chi connectivity index (χ1n) is 11.5. The molecule has 1 saturated carbocycles. The average molecular weight is 424 g/mol. The highest BCUT2D eigenvalue weighted by Gasteiger charge is 2.26. The summed E-state index contributed by atoms with van der Waals surface area (Å²) in [5.74, 6) is 1.94. The van der Waals surface area contributed by atoms with Crippen molar-refractivity contribution in [2.75, 3.05) is 39.4 Å². The van der Waals surface area contributed by atoms with Gasteiger partial charge in [-0.15, -0.1) is 0 Å². The molecular formula is C24H33N5O2. The van der Waals surface area contributed by atoms with E-state index in [0.29, 0.717) is 18.3 Å². The molecule has 1 N–H and O–H groups in total. The van der Waals surface area contributed by atoms with Crippen molar-refractivity contribution in [3.63, 3.8) is 0 Å². The number of nitrogens with zero attached hydrogens (tertiary/aromatic N) is 4. The van der Waals surface area contributed by atoms with Crippen LogP contribution in [0.3, 0.4) is 0 Å². The van der Waals surface area contributed by atoms with E-state index in [9.17, 15) is 4.79 Å². The minimum absolute atomic E-state index is 0.164. The lowest BCUT2D eigenvalue weighted by Gasteiger charge is -2.29. The Bertz CT molecular complexity index is 846. The second kappa shape index (κ2) is 10.8. The minimum atomic E-state index is 0.164. The molecule has 166 valence electrons. The van der Waals surface area contributed by atoms with Crippen molar-refractivity contribution in [3.8, 4) is 11.3 Å². The molecule has 4 rings (SSSR count). The van der Waals surface area contributed by atoms with Gasteiger partial charge >= 0.3 is 0 Å². The molecular weight excluding hydrogens is 390 g/mol. The molecule has 0 atom stereocenters. The summed E-state index contributed by atoms with van der Waals surface area (Å²) in [5, 5.41) is 3.16. The van der Waals surface area contributed by atoms with Gasteiger partial charge in [0.25, 0.3) is 0 Å². The first-order chi connectivity index (χ1) is 15.2. The number of nitrogens with one attached hydrogen (secondary N) is 1. The molecule has 0 aromatic carbocycles. The van der Waals surface area contributed by atoms with Gasteiger partial charge in [0.15, 0.2) is 0 Å². The van der Waals surface area contributed by atoms with E-state index in [-0.39, 0.29) is 5.91 Å². The van der Waals surface area contributed by atoms with Crippen molar-refractivity contribution >= 4 is 5.91 Å². The van der Waals surface area contributed by atoms with Gasteiger partial charge in [-0.25, -0.2) is 9.97 Å². The van der Waals surface area contributed by atoms with Crippen LogP contribution in [0, 0.1) is 12.8 Å². The number of morpholine rings is 1. The molecule has 7 heteroatoms. The maximum Gasteiger partial charge on any atom is 0.221 e. The summed E-state index contributed by atoms with van der Waals surface area (Å²) in [6.07, 6.45) is 8.70. The SMILES string of the molecule is Cc1ncc(-c2ccccn2)c(C2CCC(CNC(=O)CCN3CCOCC3)CC2)n1. The van der Waals surface area contributed by atoms with E-state index in [1.165, 1.54) is 0 Å².